The first-order valence-corrected chi connectivity index (χ1v) is 7.34. The lowest BCUT2D eigenvalue weighted by Gasteiger charge is -1.99. The van der Waals surface area contributed by atoms with Gasteiger partial charge in [0.05, 0.1) is 6.54 Å². The van der Waals surface area contributed by atoms with E-state index in [-0.39, 0.29) is 5.82 Å². The summed E-state index contributed by atoms with van der Waals surface area (Å²) >= 11 is 1.44. The van der Waals surface area contributed by atoms with Crippen LogP contribution in [-0.2, 0) is 5.75 Å². The Hall–Kier alpha value is -1.40. The average Bonchev–Trinajstić information content (AvgIpc) is 3.07. The number of thioether (sulfide) groups is 1. The van der Waals surface area contributed by atoms with Gasteiger partial charge in [0.15, 0.2) is 6.04 Å². The van der Waals surface area contributed by atoms with Gasteiger partial charge in [-0.3, -0.25) is 0 Å². The average molecular weight is 280 g/mol. The van der Waals surface area contributed by atoms with Crippen molar-refractivity contribution in [2.45, 2.75) is 29.9 Å². The molecule has 1 saturated heterocycles. The second-order valence-corrected chi connectivity index (χ2v) is 5.52. The van der Waals surface area contributed by atoms with E-state index in [9.17, 15) is 4.39 Å². The van der Waals surface area contributed by atoms with Gasteiger partial charge in [0.25, 0.3) is 11.1 Å². The van der Waals surface area contributed by atoms with Crippen LogP contribution in [-0.4, -0.2) is 16.7 Å². The summed E-state index contributed by atoms with van der Waals surface area (Å²) in [5.74, 6) is 1.12. The molecular formula is C13H15FN3OS+. The second kappa shape index (κ2) is 5.71. The van der Waals surface area contributed by atoms with Crippen molar-refractivity contribution in [2.75, 3.05) is 6.54 Å². The van der Waals surface area contributed by atoms with Crippen LogP contribution in [0.25, 0.3) is 0 Å². The highest BCUT2D eigenvalue weighted by atomic mass is 32.2. The van der Waals surface area contributed by atoms with Gasteiger partial charge in [-0.15, -0.1) is 10.2 Å². The molecule has 1 aromatic heterocycles. The summed E-state index contributed by atoms with van der Waals surface area (Å²) < 4.78 is 18.7. The molecule has 19 heavy (non-hydrogen) atoms. The molecule has 0 bridgehead atoms. The summed E-state index contributed by atoms with van der Waals surface area (Å²) in [5.41, 5.74) is 0.914. The number of hydrogen-bond donors (Lipinski definition) is 1. The molecule has 1 fully saturated rings. The second-order valence-electron chi connectivity index (χ2n) is 4.60. The lowest BCUT2D eigenvalue weighted by Crippen LogP contribution is -2.81. The fraction of sp³-hybridized carbons (Fsp3) is 0.385. The number of hydrogen-bond acceptors (Lipinski definition) is 4. The SMILES string of the molecule is Fc1cccc(CSc2nnc([C@H]3CCC[NH2+]3)o2)c1. The summed E-state index contributed by atoms with van der Waals surface area (Å²) in [6.45, 7) is 1.12. The Balaban J connectivity index is 1.61. The molecule has 0 radical (unpaired) electrons. The van der Waals surface area contributed by atoms with Crippen molar-refractivity contribution in [3.05, 3.63) is 41.5 Å². The number of halogens is 1. The van der Waals surface area contributed by atoms with Gasteiger partial charge in [-0.1, -0.05) is 23.9 Å². The molecule has 1 aliphatic heterocycles. The van der Waals surface area contributed by atoms with Crippen LogP contribution in [0, 0.1) is 5.82 Å². The van der Waals surface area contributed by atoms with E-state index in [0.717, 1.165) is 18.5 Å². The van der Waals surface area contributed by atoms with E-state index in [0.29, 0.717) is 22.9 Å². The molecule has 0 spiro atoms. The first-order valence-electron chi connectivity index (χ1n) is 6.35. The van der Waals surface area contributed by atoms with E-state index in [1.807, 2.05) is 6.07 Å². The van der Waals surface area contributed by atoms with Crippen molar-refractivity contribution in [3.63, 3.8) is 0 Å². The van der Waals surface area contributed by atoms with Gasteiger partial charge < -0.3 is 9.73 Å². The summed E-state index contributed by atoms with van der Waals surface area (Å²) in [6.07, 6.45) is 2.29. The largest absolute Gasteiger partial charge is 0.410 e. The van der Waals surface area contributed by atoms with Crippen LogP contribution in [0.4, 0.5) is 4.39 Å². The minimum Gasteiger partial charge on any atom is -0.410 e. The molecule has 6 heteroatoms. The smallest absolute Gasteiger partial charge is 0.277 e. The van der Waals surface area contributed by atoms with E-state index < -0.39 is 0 Å². The van der Waals surface area contributed by atoms with E-state index in [2.05, 4.69) is 15.5 Å². The predicted molar refractivity (Wildman–Crippen MR) is 69.0 cm³/mol. The number of aromatic nitrogens is 2. The molecule has 0 aliphatic carbocycles. The van der Waals surface area contributed by atoms with Crippen LogP contribution < -0.4 is 5.32 Å². The van der Waals surface area contributed by atoms with Crippen molar-refractivity contribution in [3.8, 4) is 0 Å². The molecular weight excluding hydrogens is 265 g/mol. The van der Waals surface area contributed by atoms with Crippen molar-refractivity contribution >= 4 is 11.8 Å². The Kier molecular flexibility index (Phi) is 3.79. The zero-order chi connectivity index (χ0) is 13.1. The third kappa shape index (κ3) is 3.13. The van der Waals surface area contributed by atoms with E-state index >= 15 is 0 Å². The van der Waals surface area contributed by atoms with Crippen LogP contribution in [0.15, 0.2) is 33.9 Å². The Labute approximate surface area is 114 Å². The summed E-state index contributed by atoms with van der Waals surface area (Å²) in [7, 11) is 0. The van der Waals surface area contributed by atoms with Gasteiger partial charge in [0.1, 0.15) is 5.82 Å². The molecule has 0 saturated carbocycles. The van der Waals surface area contributed by atoms with Crippen molar-refractivity contribution in [1.29, 1.82) is 0 Å². The Bertz CT molecular complexity index is 554. The van der Waals surface area contributed by atoms with Crippen LogP contribution in [0.2, 0.25) is 0 Å². The molecule has 0 unspecified atom stereocenters. The summed E-state index contributed by atoms with van der Waals surface area (Å²) in [6, 6.07) is 6.87. The van der Waals surface area contributed by atoms with Crippen LogP contribution in [0.3, 0.4) is 0 Å². The monoisotopic (exact) mass is 280 g/mol. The van der Waals surface area contributed by atoms with Gasteiger partial charge in [-0.2, -0.15) is 0 Å². The fourth-order valence-corrected chi connectivity index (χ4v) is 2.91. The van der Waals surface area contributed by atoms with Crippen molar-refractivity contribution < 1.29 is 14.1 Å². The zero-order valence-electron chi connectivity index (χ0n) is 10.4. The van der Waals surface area contributed by atoms with E-state index in [1.165, 1.54) is 30.3 Å². The topological polar surface area (TPSA) is 55.5 Å². The number of nitrogens with zero attached hydrogens (tertiary/aromatic N) is 2. The lowest BCUT2D eigenvalue weighted by molar-refractivity contribution is -0.678. The van der Waals surface area contributed by atoms with Crippen LogP contribution in [0.5, 0.6) is 0 Å². The third-order valence-electron chi connectivity index (χ3n) is 3.16. The number of benzene rings is 1. The molecule has 4 nitrogen and oxygen atoms in total. The Morgan fingerprint density at radius 3 is 3.16 bits per heavy atom. The highest BCUT2D eigenvalue weighted by Crippen LogP contribution is 2.24. The highest BCUT2D eigenvalue weighted by Gasteiger charge is 2.26. The number of rotatable bonds is 4. The maximum Gasteiger partial charge on any atom is 0.277 e. The highest BCUT2D eigenvalue weighted by molar-refractivity contribution is 7.98. The standard InChI is InChI=1S/C13H14FN3OS/c14-10-4-1-3-9(7-10)8-19-13-17-16-12(18-13)11-5-2-6-15-11/h1,3-4,7,11,15H,2,5-6,8H2/p+1/t11-/m1/s1. The maximum atomic E-state index is 13.0. The quantitative estimate of drug-likeness (QED) is 0.869. The van der Waals surface area contributed by atoms with Gasteiger partial charge in [-0.25, -0.2) is 4.39 Å². The third-order valence-corrected chi connectivity index (χ3v) is 4.05. The Morgan fingerprint density at radius 1 is 1.42 bits per heavy atom. The molecule has 1 aromatic carbocycles. The number of quaternary nitrogens is 1. The molecule has 3 rings (SSSR count). The van der Waals surface area contributed by atoms with Crippen LogP contribution >= 0.6 is 11.8 Å². The molecule has 2 N–H and O–H groups in total. The normalized spacial score (nSPS) is 18.9. The molecule has 1 atom stereocenters. The fourth-order valence-electron chi connectivity index (χ4n) is 2.20. The first kappa shape index (κ1) is 12.6. The predicted octanol–water partition coefficient (Wildman–Crippen LogP) is 1.90. The van der Waals surface area contributed by atoms with Gasteiger partial charge in [0, 0.05) is 18.6 Å². The lowest BCUT2D eigenvalue weighted by atomic mass is 10.2. The van der Waals surface area contributed by atoms with E-state index in [1.54, 1.807) is 6.07 Å². The van der Waals surface area contributed by atoms with Crippen molar-refractivity contribution in [2.24, 2.45) is 0 Å². The molecule has 100 valence electrons. The summed E-state index contributed by atoms with van der Waals surface area (Å²) in [5, 5.41) is 10.9. The summed E-state index contributed by atoms with van der Waals surface area (Å²) in [4.78, 5) is 0. The van der Waals surface area contributed by atoms with Gasteiger partial charge >= 0.3 is 0 Å². The van der Waals surface area contributed by atoms with Crippen molar-refractivity contribution in [1.82, 2.24) is 10.2 Å². The van der Waals surface area contributed by atoms with Gasteiger partial charge in [-0.05, 0) is 17.7 Å². The van der Waals surface area contributed by atoms with E-state index in [4.69, 9.17) is 4.42 Å². The molecule has 2 heterocycles. The minimum atomic E-state index is -0.218. The molecule has 0 amide bonds. The molecule has 2 aromatic rings. The molecule has 1 aliphatic rings. The van der Waals surface area contributed by atoms with Crippen LogP contribution in [0.1, 0.15) is 30.3 Å². The zero-order valence-corrected chi connectivity index (χ0v) is 11.2. The van der Waals surface area contributed by atoms with Gasteiger partial charge in [0.2, 0.25) is 0 Å². The first-order chi connectivity index (χ1) is 9.31. The number of nitrogens with two attached hydrogens (primary N) is 1. The maximum absolute atomic E-state index is 13.0. The minimum absolute atomic E-state index is 0.218. The Morgan fingerprint density at radius 2 is 2.37 bits per heavy atom.